The number of hydrogen-bond acceptors (Lipinski definition) is 6. The van der Waals surface area contributed by atoms with Crippen molar-refractivity contribution < 1.29 is 9.47 Å². The zero-order chi connectivity index (χ0) is 15.1. The number of aryl methyl sites for hydroxylation is 1. The van der Waals surface area contributed by atoms with Gasteiger partial charge in [-0.25, -0.2) is 4.98 Å². The van der Waals surface area contributed by atoms with Gasteiger partial charge < -0.3 is 14.8 Å². The lowest BCUT2D eigenvalue weighted by Gasteiger charge is -2.12. The molecule has 2 aromatic heterocycles. The van der Waals surface area contributed by atoms with E-state index >= 15 is 0 Å². The fraction of sp³-hybridized carbons (Fsp3) is 0.643. The van der Waals surface area contributed by atoms with E-state index in [2.05, 4.69) is 20.4 Å². The molecular formula is C14H23N5O2. The molecule has 0 aliphatic carbocycles. The third-order valence-electron chi connectivity index (χ3n) is 3.35. The van der Waals surface area contributed by atoms with Gasteiger partial charge in [0.2, 0.25) is 0 Å². The fourth-order valence-electron chi connectivity index (χ4n) is 2.02. The maximum Gasteiger partial charge on any atom is 0.254 e. The van der Waals surface area contributed by atoms with Crippen molar-refractivity contribution in [3.63, 3.8) is 0 Å². The third kappa shape index (κ3) is 4.12. The quantitative estimate of drug-likeness (QED) is 0.708. The van der Waals surface area contributed by atoms with E-state index in [1.54, 1.807) is 11.6 Å². The van der Waals surface area contributed by atoms with Crippen LogP contribution in [0.1, 0.15) is 24.1 Å². The molecule has 2 rings (SSSR count). The second kappa shape index (κ2) is 7.90. The van der Waals surface area contributed by atoms with Gasteiger partial charge in [0, 0.05) is 31.5 Å². The van der Waals surface area contributed by atoms with E-state index in [4.69, 9.17) is 9.47 Å². The summed E-state index contributed by atoms with van der Waals surface area (Å²) < 4.78 is 12.1. The predicted molar refractivity (Wildman–Crippen MR) is 80.7 cm³/mol. The van der Waals surface area contributed by atoms with Crippen molar-refractivity contribution in [3.05, 3.63) is 17.6 Å². The van der Waals surface area contributed by atoms with Gasteiger partial charge in [-0.15, -0.1) is 0 Å². The number of aromatic nitrogens is 4. The summed E-state index contributed by atoms with van der Waals surface area (Å²) in [7, 11) is 1.68. The fourth-order valence-corrected chi connectivity index (χ4v) is 2.02. The number of anilines is 1. The monoisotopic (exact) mass is 293 g/mol. The minimum Gasteiger partial charge on any atom is -0.382 e. The second-order valence-electron chi connectivity index (χ2n) is 4.88. The summed E-state index contributed by atoms with van der Waals surface area (Å²) in [5.74, 6) is 1.60. The summed E-state index contributed by atoms with van der Waals surface area (Å²) in [6.45, 7) is 6.97. The number of methoxy groups -OCH3 is 1. The van der Waals surface area contributed by atoms with Crippen LogP contribution in [0.4, 0.5) is 5.82 Å². The van der Waals surface area contributed by atoms with Crippen LogP contribution in [-0.2, 0) is 9.47 Å². The van der Waals surface area contributed by atoms with Gasteiger partial charge in [0.05, 0.1) is 13.2 Å². The molecule has 0 aromatic carbocycles. The van der Waals surface area contributed by atoms with Crippen molar-refractivity contribution in [2.24, 2.45) is 0 Å². The molecule has 0 bridgehead atoms. The van der Waals surface area contributed by atoms with E-state index < -0.39 is 0 Å². The highest BCUT2D eigenvalue weighted by molar-refractivity contribution is 5.51. The normalized spacial score (nSPS) is 11.2. The molecule has 0 unspecified atom stereocenters. The van der Waals surface area contributed by atoms with E-state index in [1.165, 1.54) is 6.33 Å². The first kappa shape index (κ1) is 15.7. The highest BCUT2D eigenvalue weighted by Crippen LogP contribution is 2.17. The third-order valence-corrected chi connectivity index (χ3v) is 3.35. The topological polar surface area (TPSA) is 73.6 Å². The molecule has 0 aliphatic heterocycles. The van der Waals surface area contributed by atoms with Crippen molar-refractivity contribution in [2.45, 2.75) is 26.7 Å². The lowest BCUT2D eigenvalue weighted by molar-refractivity contribution is 0.0691. The average molecular weight is 293 g/mol. The summed E-state index contributed by atoms with van der Waals surface area (Å²) in [4.78, 5) is 8.54. The van der Waals surface area contributed by atoms with Crippen molar-refractivity contribution in [2.75, 3.05) is 38.8 Å². The van der Waals surface area contributed by atoms with Crippen LogP contribution in [0.5, 0.6) is 0 Å². The van der Waals surface area contributed by atoms with Crippen LogP contribution in [0.15, 0.2) is 6.33 Å². The minimum atomic E-state index is 0.628. The van der Waals surface area contributed by atoms with Crippen LogP contribution in [0, 0.1) is 13.8 Å². The molecule has 116 valence electrons. The van der Waals surface area contributed by atoms with E-state index in [0.717, 1.165) is 43.1 Å². The van der Waals surface area contributed by atoms with Crippen molar-refractivity contribution in [1.29, 1.82) is 0 Å². The smallest absolute Gasteiger partial charge is 0.254 e. The lowest BCUT2D eigenvalue weighted by Crippen LogP contribution is -2.12. The van der Waals surface area contributed by atoms with Gasteiger partial charge in [0.25, 0.3) is 5.78 Å². The molecule has 0 radical (unpaired) electrons. The molecule has 0 aliphatic rings. The molecule has 0 fully saturated rings. The van der Waals surface area contributed by atoms with Gasteiger partial charge in [0.1, 0.15) is 12.1 Å². The predicted octanol–water partition coefficient (Wildman–Crippen LogP) is 1.60. The van der Waals surface area contributed by atoms with Crippen molar-refractivity contribution >= 4 is 11.6 Å². The number of nitrogens with one attached hydrogen (secondary N) is 1. The summed E-state index contributed by atoms with van der Waals surface area (Å²) in [5, 5.41) is 7.64. The van der Waals surface area contributed by atoms with Crippen LogP contribution in [0.2, 0.25) is 0 Å². The Kier molecular flexibility index (Phi) is 5.89. The number of nitrogens with zero attached hydrogens (tertiary/aromatic N) is 4. The number of ether oxygens (including phenoxy) is 2. The molecule has 0 saturated heterocycles. The first-order valence-electron chi connectivity index (χ1n) is 7.21. The van der Waals surface area contributed by atoms with Crippen molar-refractivity contribution in [3.8, 4) is 0 Å². The Hall–Kier alpha value is -1.73. The SMILES string of the molecule is COCCOCCCCNc1c(C)c(C)nc2ncnn12. The molecule has 7 heteroatoms. The summed E-state index contributed by atoms with van der Waals surface area (Å²) in [6, 6.07) is 0. The molecule has 0 amide bonds. The second-order valence-corrected chi connectivity index (χ2v) is 4.88. The molecule has 1 N–H and O–H groups in total. The van der Waals surface area contributed by atoms with E-state index in [0.29, 0.717) is 19.0 Å². The van der Waals surface area contributed by atoms with E-state index in [9.17, 15) is 0 Å². The van der Waals surface area contributed by atoms with Crippen LogP contribution < -0.4 is 5.32 Å². The number of fused-ring (bicyclic) bond motifs is 1. The van der Waals surface area contributed by atoms with Crippen LogP contribution >= 0.6 is 0 Å². The maximum absolute atomic E-state index is 5.44. The number of rotatable bonds is 9. The largest absolute Gasteiger partial charge is 0.382 e. The Morgan fingerprint density at radius 3 is 2.86 bits per heavy atom. The first-order chi connectivity index (χ1) is 10.2. The standard InChI is InChI=1S/C14H23N5O2/c1-11-12(2)18-14-16-10-17-19(14)13(11)15-6-4-5-7-21-9-8-20-3/h10,15H,4-9H2,1-3H3. The number of unbranched alkanes of at least 4 members (excludes halogenated alkanes) is 1. The zero-order valence-electron chi connectivity index (χ0n) is 12.9. The van der Waals surface area contributed by atoms with Crippen LogP contribution in [-0.4, -0.2) is 53.1 Å². The zero-order valence-corrected chi connectivity index (χ0v) is 12.9. The minimum absolute atomic E-state index is 0.628. The van der Waals surface area contributed by atoms with Gasteiger partial charge in [-0.05, 0) is 26.7 Å². The Bertz CT molecular complexity index is 570. The van der Waals surface area contributed by atoms with Crippen molar-refractivity contribution in [1.82, 2.24) is 19.6 Å². The van der Waals surface area contributed by atoms with E-state index in [1.807, 2.05) is 13.8 Å². The highest BCUT2D eigenvalue weighted by Gasteiger charge is 2.10. The maximum atomic E-state index is 5.44. The molecule has 21 heavy (non-hydrogen) atoms. The van der Waals surface area contributed by atoms with Gasteiger partial charge >= 0.3 is 0 Å². The van der Waals surface area contributed by atoms with Gasteiger partial charge in [0.15, 0.2) is 0 Å². The first-order valence-corrected chi connectivity index (χ1v) is 7.21. The van der Waals surface area contributed by atoms with Crippen LogP contribution in [0.25, 0.3) is 5.78 Å². The van der Waals surface area contributed by atoms with Gasteiger partial charge in [-0.2, -0.15) is 14.6 Å². The van der Waals surface area contributed by atoms with Gasteiger partial charge in [-0.3, -0.25) is 0 Å². The molecule has 0 saturated carbocycles. The summed E-state index contributed by atoms with van der Waals surface area (Å²) in [6.07, 6.45) is 3.57. The summed E-state index contributed by atoms with van der Waals surface area (Å²) in [5.41, 5.74) is 2.07. The molecular weight excluding hydrogens is 270 g/mol. The van der Waals surface area contributed by atoms with E-state index in [-0.39, 0.29) is 0 Å². The lowest BCUT2D eigenvalue weighted by atomic mass is 10.2. The Labute approximate surface area is 124 Å². The molecule has 2 heterocycles. The molecule has 7 nitrogen and oxygen atoms in total. The molecule has 2 aromatic rings. The molecule has 0 spiro atoms. The average Bonchev–Trinajstić information content (AvgIpc) is 2.93. The molecule has 0 atom stereocenters. The Balaban J connectivity index is 1.81. The van der Waals surface area contributed by atoms with Gasteiger partial charge in [-0.1, -0.05) is 0 Å². The summed E-state index contributed by atoms with van der Waals surface area (Å²) >= 11 is 0. The number of hydrogen-bond donors (Lipinski definition) is 1. The Morgan fingerprint density at radius 2 is 2.05 bits per heavy atom. The highest BCUT2D eigenvalue weighted by atomic mass is 16.5. The van der Waals surface area contributed by atoms with Crippen LogP contribution in [0.3, 0.4) is 0 Å². The Morgan fingerprint density at radius 1 is 1.19 bits per heavy atom.